The van der Waals surface area contributed by atoms with Crippen LogP contribution in [0.25, 0.3) is 0 Å². The van der Waals surface area contributed by atoms with E-state index in [9.17, 15) is 18.0 Å². The molecule has 0 unspecified atom stereocenters. The third-order valence-corrected chi connectivity index (χ3v) is 3.38. The zero-order chi connectivity index (χ0) is 15.6. The van der Waals surface area contributed by atoms with Crippen LogP contribution in [0.3, 0.4) is 0 Å². The standard InChI is InChI=1S/C13H17F3N4O/c1-19(8-12(21)20-4-2-3-5-20)11-7-9(13(14,15)16)6-10(17)18-11/h6-7H,2-5,8H2,1H3,(H2,17,18). The van der Waals surface area contributed by atoms with Crippen LogP contribution in [-0.4, -0.2) is 42.5 Å². The molecule has 0 atom stereocenters. The Morgan fingerprint density at radius 3 is 2.57 bits per heavy atom. The van der Waals surface area contributed by atoms with Crippen LogP contribution < -0.4 is 10.6 Å². The van der Waals surface area contributed by atoms with Crippen LogP contribution >= 0.6 is 0 Å². The number of alkyl halides is 3. The fourth-order valence-electron chi connectivity index (χ4n) is 2.25. The Kier molecular flexibility index (Phi) is 4.24. The van der Waals surface area contributed by atoms with Crippen LogP contribution in [0.1, 0.15) is 18.4 Å². The SMILES string of the molecule is CN(CC(=O)N1CCCC1)c1cc(C(F)(F)F)cc(N)n1. The predicted molar refractivity (Wildman–Crippen MR) is 72.7 cm³/mol. The smallest absolute Gasteiger partial charge is 0.384 e. The summed E-state index contributed by atoms with van der Waals surface area (Å²) in [6, 6.07) is 1.67. The molecule has 1 aliphatic rings. The maximum atomic E-state index is 12.7. The molecule has 0 radical (unpaired) electrons. The molecule has 2 N–H and O–H groups in total. The Balaban J connectivity index is 2.13. The Bertz CT molecular complexity index is 527. The highest BCUT2D eigenvalue weighted by atomic mass is 19.4. The summed E-state index contributed by atoms with van der Waals surface area (Å²) in [7, 11) is 1.52. The van der Waals surface area contributed by atoms with E-state index in [0.29, 0.717) is 13.1 Å². The highest BCUT2D eigenvalue weighted by Crippen LogP contribution is 2.32. The minimum Gasteiger partial charge on any atom is -0.384 e. The molecule has 8 heteroatoms. The highest BCUT2D eigenvalue weighted by molar-refractivity contribution is 5.81. The second-order valence-electron chi connectivity index (χ2n) is 5.08. The van der Waals surface area contributed by atoms with E-state index in [1.54, 1.807) is 4.90 Å². The van der Waals surface area contributed by atoms with Gasteiger partial charge in [0.25, 0.3) is 0 Å². The molecule has 0 bridgehead atoms. The zero-order valence-corrected chi connectivity index (χ0v) is 11.7. The van der Waals surface area contributed by atoms with Gasteiger partial charge in [-0.1, -0.05) is 0 Å². The number of hydrogen-bond donors (Lipinski definition) is 1. The number of nitrogens with two attached hydrogens (primary N) is 1. The maximum absolute atomic E-state index is 12.7. The summed E-state index contributed by atoms with van der Waals surface area (Å²) < 4.78 is 38.2. The summed E-state index contributed by atoms with van der Waals surface area (Å²) >= 11 is 0. The average molecular weight is 302 g/mol. The molecule has 5 nitrogen and oxygen atoms in total. The van der Waals surface area contributed by atoms with Crippen molar-refractivity contribution in [2.24, 2.45) is 0 Å². The van der Waals surface area contributed by atoms with Crippen LogP contribution in [0.4, 0.5) is 24.8 Å². The van der Waals surface area contributed by atoms with Gasteiger partial charge in [0.1, 0.15) is 11.6 Å². The van der Waals surface area contributed by atoms with Crippen LogP contribution in [0, 0.1) is 0 Å². The minimum atomic E-state index is -4.49. The van der Waals surface area contributed by atoms with Crippen molar-refractivity contribution in [3.05, 3.63) is 17.7 Å². The van der Waals surface area contributed by atoms with Crippen molar-refractivity contribution in [2.45, 2.75) is 19.0 Å². The van der Waals surface area contributed by atoms with Crippen molar-refractivity contribution < 1.29 is 18.0 Å². The monoisotopic (exact) mass is 302 g/mol. The van der Waals surface area contributed by atoms with Gasteiger partial charge in [-0.25, -0.2) is 4.98 Å². The second-order valence-corrected chi connectivity index (χ2v) is 5.08. The molecule has 0 aromatic carbocycles. The van der Waals surface area contributed by atoms with E-state index in [-0.39, 0.29) is 24.1 Å². The lowest BCUT2D eigenvalue weighted by molar-refractivity contribution is -0.137. The van der Waals surface area contributed by atoms with Gasteiger partial charge in [-0.2, -0.15) is 13.2 Å². The number of likely N-dealkylation sites (tertiary alicyclic amines) is 1. The largest absolute Gasteiger partial charge is 0.416 e. The van der Waals surface area contributed by atoms with E-state index < -0.39 is 11.7 Å². The number of nitrogen functional groups attached to an aromatic ring is 1. The van der Waals surface area contributed by atoms with Gasteiger partial charge >= 0.3 is 6.18 Å². The van der Waals surface area contributed by atoms with Gasteiger partial charge in [-0.05, 0) is 25.0 Å². The third kappa shape index (κ3) is 3.77. The van der Waals surface area contributed by atoms with Crippen molar-refractivity contribution in [1.29, 1.82) is 0 Å². The molecule has 1 saturated heterocycles. The zero-order valence-electron chi connectivity index (χ0n) is 11.7. The lowest BCUT2D eigenvalue weighted by atomic mass is 10.2. The molecular weight excluding hydrogens is 285 g/mol. The van der Waals surface area contributed by atoms with Crippen molar-refractivity contribution in [3.63, 3.8) is 0 Å². The number of pyridine rings is 1. The predicted octanol–water partition coefficient (Wildman–Crippen LogP) is 1.74. The molecule has 0 saturated carbocycles. The van der Waals surface area contributed by atoms with E-state index in [4.69, 9.17) is 5.73 Å². The number of aromatic nitrogens is 1. The Morgan fingerprint density at radius 2 is 2.00 bits per heavy atom. The molecule has 1 aromatic heterocycles. The van der Waals surface area contributed by atoms with Gasteiger partial charge in [-0.3, -0.25) is 4.79 Å². The molecule has 1 aliphatic heterocycles. The van der Waals surface area contributed by atoms with E-state index in [1.807, 2.05) is 0 Å². The first kappa shape index (κ1) is 15.4. The summed E-state index contributed by atoms with van der Waals surface area (Å²) in [6.07, 6.45) is -2.57. The van der Waals surface area contributed by atoms with E-state index in [2.05, 4.69) is 4.98 Å². The number of likely N-dealkylation sites (N-methyl/N-ethyl adjacent to an activating group) is 1. The summed E-state index contributed by atoms with van der Waals surface area (Å²) in [5, 5.41) is 0. The maximum Gasteiger partial charge on any atom is 0.416 e. The van der Waals surface area contributed by atoms with Gasteiger partial charge < -0.3 is 15.5 Å². The van der Waals surface area contributed by atoms with Crippen molar-refractivity contribution in [2.75, 3.05) is 37.3 Å². The van der Waals surface area contributed by atoms with Crippen molar-refractivity contribution in [3.8, 4) is 0 Å². The lowest BCUT2D eigenvalue weighted by Gasteiger charge is -2.23. The Hall–Kier alpha value is -1.99. The van der Waals surface area contributed by atoms with Crippen molar-refractivity contribution >= 4 is 17.5 Å². The first-order chi connectivity index (χ1) is 9.77. The molecule has 2 rings (SSSR count). The fourth-order valence-corrected chi connectivity index (χ4v) is 2.25. The van der Waals surface area contributed by atoms with Gasteiger partial charge in [0, 0.05) is 20.1 Å². The van der Waals surface area contributed by atoms with E-state index in [1.165, 1.54) is 11.9 Å². The number of rotatable bonds is 3. The molecule has 0 aliphatic carbocycles. The molecule has 2 heterocycles. The number of nitrogens with zero attached hydrogens (tertiary/aromatic N) is 3. The first-order valence-electron chi connectivity index (χ1n) is 6.61. The molecule has 116 valence electrons. The average Bonchev–Trinajstić information content (AvgIpc) is 2.90. The number of carbonyl (C=O) groups is 1. The van der Waals surface area contributed by atoms with Crippen LogP contribution in [0.2, 0.25) is 0 Å². The quantitative estimate of drug-likeness (QED) is 0.924. The number of carbonyl (C=O) groups excluding carboxylic acids is 1. The fraction of sp³-hybridized carbons (Fsp3) is 0.538. The first-order valence-corrected chi connectivity index (χ1v) is 6.61. The topological polar surface area (TPSA) is 62.5 Å². The Labute approximate surface area is 120 Å². The molecular formula is C13H17F3N4O. The lowest BCUT2D eigenvalue weighted by Crippen LogP contribution is -2.37. The third-order valence-electron chi connectivity index (χ3n) is 3.38. The van der Waals surface area contributed by atoms with Gasteiger partial charge in [0.05, 0.1) is 12.1 Å². The normalized spacial score (nSPS) is 15.3. The number of anilines is 2. The Morgan fingerprint density at radius 1 is 1.38 bits per heavy atom. The molecule has 21 heavy (non-hydrogen) atoms. The molecule has 1 aromatic rings. The summed E-state index contributed by atoms with van der Waals surface area (Å²) in [5.41, 5.74) is 4.54. The number of amides is 1. The summed E-state index contributed by atoms with van der Waals surface area (Å²) in [5.74, 6) is -0.303. The second kappa shape index (κ2) is 5.79. The minimum absolute atomic E-state index is 0.0201. The summed E-state index contributed by atoms with van der Waals surface area (Å²) in [4.78, 5) is 18.9. The summed E-state index contributed by atoms with van der Waals surface area (Å²) in [6.45, 7) is 1.38. The van der Waals surface area contributed by atoms with Crippen LogP contribution in [0.15, 0.2) is 12.1 Å². The van der Waals surface area contributed by atoms with Gasteiger partial charge in [0.15, 0.2) is 0 Å². The molecule has 0 spiro atoms. The highest BCUT2D eigenvalue weighted by Gasteiger charge is 2.32. The number of halogens is 3. The van der Waals surface area contributed by atoms with Crippen LogP contribution in [-0.2, 0) is 11.0 Å². The van der Waals surface area contributed by atoms with Gasteiger partial charge in [-0.15, -0.1) is 0 Å². The van der Waals surface area contributed by atoms with E-state index >= 15 is 0 Å². The molecule has 1 amide bonds. The molecule has 1 fully saturated rings. The van der Waals surface area contributed by atoms with Crippen molar-refractivity contribution in [1.82, 2.24) is 9.88 Å². The van der Waals surface area contributed by atoms with E-state index in [0.717, 1.165) is 25.0 Å². The van der Waals surface area contributed by atoms with Crippen LogP contribution in [0.5, 0.6) is 0 Å². The van der Waals surface area contributed by atoms with Gasteiger partial charge in [0.2, 0.25) is 5.91 Å². The number of hydrogen-bond acceptors (Lipinski definition) is 4.